The van der Waals surface area contributed by atoms with Gasteiger partial charge in [0.2, 0.25) is 0 Å². The third kappa shape index (κ3) is 280. The summed E-state index contributed by atoms with van der Waals surface area (Å²) in [5, 5.41) is 0. The van der Waals surface area contributed by atoms with Crippen molar-refractivity contribution in [3.05, 3.63) is 0 Å². The first-order chi connectivity index (χ1) is 4.46. The fraction of sp³-hybridized carbons (Fsp3) is 1.00. The Bertz CT molecular complexity index is 36.1. The summed E-state index contributed by atoms with van der Waals surface area (Å²) < 4.78 is 51.4. The predicted octanol–water partition coefficient (Wildman–Crippen LogP) is -13.9. The van der Waals surface area contributed by atoms with Crippen LogP contribution >= 0.6 is 0 Å². The second-order valence-electron chi connectivity index (χ2n) is 0.378. The van der Waals surface area contributed by atoms with Crippen LogP contribution in [0.1, 0.15) is 0 Å². The number of nitrogens with two attached hydrogens (primary N) is 1. The molecule has 0 spiro atoms. The van der Waals surface area contributed by atoms with Gasteiger partial charge in [-0.2, -0.15) is 0 Å². The Balaban J connectivity index is -0.0000000339. The van der Waals surface area contributed by atoms with E-state index in [0.717, 1.165) is 0 Å². The summed E-state index contributed by atoms with van der Waals surface area (Å²) in [4.78, 5) is 0. The van der Waals surface area contributed by atoms with Crippen molar-refractivity contribution in [2.75, 3.05) is 7.05 Å². The smallest absolute Gasteiger partial charge is 0.427 e. The first-order valence-electron chi connectivity index (χ1n) is 1.50. The van der Waals surface area contributed by atoms with Crippen molar-refractivity contribution in [2.24, 2.45) is 5.73 Å². The molecule has 0 bridgehead atoms. The molecule has 0 rings (SSSR count). The van der Waals surface area contributed by atoms with Crippen LogP contribution in [0.5, 0.6) is 0 Å². The van der Waals surface area contributed by atoms with Crippen LogP contribution in [0.2, 0.25) is 0 Å². The maximum atomic E-state index is 8.57. The van der Waals surface area contributed by atoms with Gasteiger partial charge < -0.3 is 26.3 Å². The monoisotopic (exact) mass is 589 g/mol. The quantitative estimate of drug-likeness (QED) is 0.217. The average Bonchev–Trinajstić information content (AvgIpc) is 1.66. The summed E-state index contributed by atoms with van der Waals surface area (Å²) in [6.45, 7) is 0. The maximum absolute atomic E-state index is 8.57. The van der Waals surface area contributed by atoms with Gasteiger partial charge in [0.25, 0.3) is 42.1 Å². The topological polar surface area (TPSA) is 164 Å². The minimum Gasteiger partial charge on any atom is -0.427 e. The first kappa shape index (κ1) is 23.2. The molecular weight excluding hydrogens is 583 g/mol. The summed E-state index contributed by atoms with van der Waals surface area (Å²) in [5.41, 5.74) is 4.50. The summed E-state index contributed by atoms with van der Waals surface area (Å²) in [5.74, 6) is 0. The number of rotatable bonds is 0. The summed E-state index contributed by atoms with van der Waals surface area (Å²) in [6.07, 6.45) is 0. The van der Waals surface area contributed by atoms with Crippen molar-refractivity contribution in [2.45, 2.75) is 0 Å². The van der Waals surface area contributed by atoms with Gasteiger partial charge in [-0.1, -0.05) is 0 Å². The Morgan fingerprint density at radius 1 is 0.727 bits per heavy atom. The van der Waals surface area contributed by atoms with Crippen molar-refractivity contribution < 1.29 is 62.7 Å². The van der Waals surface area contributed by atoms with E-state index in [2.05, 4.69) is 5.73 Å². The van der Waals surface area contributed by atoms with Gasteiger partial charge in [0.05, 0.1) is 0 Å². The van der Waals surface area contributed by atoms with Crippen LogP contribution in [-0.2, 0) is 0 Å². The van der Waals surface area contributed by atoms with E-state index < -0.39 is 42.1 Å². The molecule has 0 aliphatic carbocycles. The zero-order chi connectivity index (χ0) is 9.15. The molecule has 2 N–H and O–H groups in total. The first-order valence-corrected chi connectivity index (χ1v) is 6.79. The largest absolute Gasteiger partial charge is 2.00 e. The van der Waals surface area contributed by atoms with Crippen LogP contribution < -0.4 is 68.5 Å². The molecule has 0 saturated carbocycles. The molecule has 0 heterocycles. The van der Waals surface area contributed by atoms with Gasteiger partial charge >= 0.3 is 27.3 Å². The fourth-order valence-corrected chi connectivity index (χ4v) is 0. The van der Waals surface area contributed by atoms with Crippen LogP contribution in [0.25, 0.3) is 0 Å². The van der Waals surface area contributed by atoms with E-state index in [1.165, 1.54) is 7.05 Å². The molecule has 0 aliphatic rings. The zero-order valence-electron chi connectivity index (χ0n) is 5.28. The van der Waals surface area contributed by atoms with Crippen molar-refractivity contribution >= 4 is 27.3 Å². The van der Waals surface area contributed by atoms with E-state index in [4.69, 9.17) is 20.6 Å². The summed E-state index contributed by atoms with van der Waals surface area (Å²) in [6, 6.07) is 0. The van der Waals surface area contributed by atoms with Crippen LogP contribution in [0.4, 0.5) is 0 Å². The molecule has 0 amide bonds. The molecule has 7 nitrogen and oxygen atoms in total. The standard InChI is InChI=1S/CH5N.2IO3.Pb/c1-2;2*2-1(3)4;/h2H2,1H3;;;/q;2*-1;+2. The number of halogens is 2. The maximum Gasteiger partial charge on any atom is 2.00 e. The predicted molar refractivity (Wildman–Crippen MR) is 15.9 cm³/mol. The molecular formula is CH5I2NO6Pb. The average molecular weight is 588 g/mol. The Hall–Kier alpha value is 2.10. The van der Waals surface area contributed by atoms with Crippen molar-refractivity contribution in [1.29, 1.82) is 0 Å². The van der Waals surface area contributed by atoms with Crippen LogP contribution in [0.15, 0.2) is 0 Å². The normalized spacial score (nSPS) is 7.09. The molecule has 68 valence electrons. The minimum atomic E-state index is -4.01. The second kappa shape index (κ2) is 22.7. The van der Waals surface area contributed by atoms with Crippen molar-refractivity contribution in [1.82, 2.24) is 0 Å². The Kier molecular flexibility index (Phi) is 47.8. The van der Waals surface area contributed by atoms with Gasteiger partial charge in [0.1, 0.15) is 0 Å². The molecule has 2 radical (unpaired) electrons. The SMILES string of the molecule is CN.[O-][I+2]([O-])[O-].[O-][I+2]([O-])[O-].[Pb+2]. The second-order valence-corrected chi connectivity index (χ2v) is 2.54. The molecule has 11 heavy (non-hydrogen) atoms. The third-order valence-electron chi connectivity index (χ3n) is 0. The molecule has 0 unspecified atom stereocenters. The molecule has 0 aromatic heterocycles. The minimum absolute atomic E-state index is 0. The summed E-state index contributed by atoms with van der Waals surface area (Å²) in [7, 11) is 1.50. The Morgan fingerprint density at radius 2 is 0.727 bits per heavy atom. The molecule has 0 atom stereocenters. The van der Waals surface area contributed by atoms with Gasteiger partial charge in [-0.25, -0.2) is 0 Å². The summed E-state index contributed by atoms with van der Waals surface area (Å²) >= 11 is -8.03. The van der Waals surface area contributed by atoms with Crippen LogP contribution in [-0.4, -0.2) is 34.3 Å². The molecule has 0 saturated heterocycles. The van der Waals surface area contributed by atoms with E-state index in [0.29, 0.717) is 0 Å². The van der Waals surface area contributed by atoms with E-state index >= 15 is 0 Å². The van der Waals surface area contributed by atoms with Gasteiger partial charge in [0.15, 0.2) is 0 Å². The molecule has 0 aliphatic heterocycles. The van der Waals surface area contributed by atoms with Crippen LogP contribution in [0, 0.1) is 0 Å². The van der Waals surface area contributed by atoms with Gasteiger partial charge in [-0.05, 0) is 7.05 Å². The van der Waals surface area contributed by atoms with E-state index in [9.17, 15) is 0 Å². The molecule has 0 aromatic rings. The zero-order valence-corrected chi connectivity index (χ0v) is 13.5. The van der Waals surface area contributed by atoms with E-state index in [1.807, 2.05) is 0 Å². The molecule has 10 heteroatoms. The van der Waals surface area contributed by atoms with Gasteiger partial charge in [-0.3, -0.25) is 0 Å². The number of hydrogen-bond acceptors (Lipinski definition) is 7. The van der Waals surface area contributed by atoms with Crippen LogP contribution in [0.3, 0.4) is 0 Å². The number of hydrogen-bond donors (Lipinski definition) is 1. The molecule has 0 fully saturated rings. The Morgan fingerprint density at radius 3 is 0.727 bits per heavy atom. The molecule has 0 aromatic carbocycles. The third-order valence-corrected chi connectivity index (χ3v) is 0. The van der Waals surface area contributed by atoms with Crippen molar-refractivity contribution in [3.8, 4) is 0 Å². The Labute approximate surface area is 101 Å². The fourth-order valence-electron chi connectivity index (χ4n) is 0. The van der Waals surface area contributed by atoms with Crippen molar-refractivity contribution in [3.63, 3.8) is 0 Å². The van der Waals surface area contributed by atoms with Gasteiger partial charge in [-0.15, -0.1) is 0 Å². The van der Waals surface area contributed by atoms with E-state index in [1.54, 1.807) is 0 Å². The van der Waals surface area contributed by atoms with E-state index in [-0.39, 0.29) is 27.3 Å². The van der Waals surface area contributed by atoms with Gasteiger partial charge in [0, 0.05) is 0 Å².